The molecule has 2 aromatic rings. The Labute approximate surface area is 144 Å². The van der Waals surface area contributed by atoms with Crippen molar-refractivity contribution in [3.63, 3.8) is 0 Å². The Kier molecular flexibility index (Phi) is 4.44. The minimum atomic E-state index is -3.73. The summed E-state index contributed by atoms with van der Waals surface area (Å²) in [5, 5.41) is 8.33. The summed E-state index contributed by atoms with van der Waals surface area (Å²) in [5.74, 6) is 0.210. The number of hydrogen-bond acceptors (Lipinski definition) is 5. The molecule has 2 heterocycles. The quantitative estimate of drug-likeness (QED) is 0.850. The van der Waals surface area contributed by atoms with Crippen LogP contribution in [0.4, 0.5) is 11.5 Å². The summed E-state index contributed by atoms with van der Waals surface area (Å²) in [7, 11) is -3.73. The molecule has 1 aliphatic heterocycles. The summed E-state index contributed by atoms with van der Waals surface area (Å²) in [6, 6.07) is 7.95. The summed E-state index contributed by atoms with van der Waals surface area (Å²) in [6.07, 6.45) is 2.11. The molecule has 0 spiro atoms. The van der Waals surface area contributed by atoms with Gasteiger partial charge in [-0.2, -0.15) is 0 Å². The molecule has 1 aromatic carbocycles. The van der Waals surface area contributed by atoms with Crippen molar-refractivity contribution in [3.8, 4) is 0 Å². The molecule has 7 nitrogen and oxygen atoms in total. The smallest absolute Gasteiger partial charge is 0.245 e. The molecule has 0 bridgehead atoms. The van der Waals surface area contributed by atoms with E-state index in [1.54, 1.807) is 24.3 Å². The molecule has 0 fully saturated rings. The first kappa shape index (κ1) is 16.7. The number of benzene rings is 1. The van der Waals surface area contributed by atoms with Crippen molar-refractivity contribution >= 4 is 39.0 Å². The monoisotopic (exact) mass is 366 g/mol. The van der Waals surface area contributed by atoms with Gasteiger partial charge >= 0.3 is 0 Å². The molecule has 0 saturated carbocycles. The molecule has 1 amide bonds. The highest BCUT2D eigenvalue weighted by Crippen LogP contribution is 2.29. The van der Waals surface area contributed by atoms with E-state index in [0.29, 0.717) is 23.8 Å². The average Bonchev–Trinajstić information content (AvgIpc) is 2.91. The van der Waals surface area contributed by atoms with Crippen molar-refractivity contribution in [1.82, 2.24) is 4.98 Å². The van der Waals surface area contributed by atoms with Gasteiger partial charge in [-0.1, -0.05) is 11.6 Å². The lowest BCUT2D eigenvalue weighted by Gasteiger charge is -2.18. The van der Waals surface area contributed by atoms with E-state index in [1.165, 1.54) is 12.3 Å². The number of sulfonamides is 1. The van der Waals surface area contributed by atoms with Crippen LogP contribution >= 0.6 is 11.6 Å². The van der Waals surface area contributed by atoms with Gasteiger partial charge in [0.25, 0.3) is 0 Å². The Morgan fingerprint density at radius 2 is 2.12 bits per heavy atom. The first-order valence-electron chi connectivity index (χ1n) is 7.15. The van der Waals surface area contributed by atoms with Gasteiger partial charge in [-0.25, -0.2) is 18.5 Å². The highest BCUT2D eigenvalue weighted by Gasteiger charge is 2.23. The van der Waals surface area contributed by atoms with E-state index in [2.05, 4.69) is 10.3 Å². The third kappa shape index (κ3) is 3.66. The van der Waals surface area contributed by atoms with Gasteiger partial charge in [0.2, 0.25) is 15.9 Å². The lowest BCUT2D eigenvalue weighted by molar-refractivity contribution is -0.115. The predicted molar refractivity (Wildman–Crippen MR) is 91.6 cm³/mol. The molecule has 24 heavy (non-hydrogen) atoms. The molecule has 3 rings (SSSR count). The number of carbonyl (C=O) groups is 1. The Morgan fingerprint density at radius 1 is 1.33 bits per heavy atom. The second kappa shape index (κ2) is 6.39. The molecule has 9 heteroatoms. The topological polar surface area (TPSA) is 105 Å². The lowest BCUT2D eigenvalue weighted by Crippen LogP contribution is -2.32. The Bertz CT molecular complexity index is 884. The second-order valence-electron chi connectivity index (χ2n) is 5.42. The number of nitrogens with one attached hydrogen (secondary N) is 1. The van der Waals surface area contributed by atoms with Gasteiger partial charge in [-0.3, -0.25) is 4.79 Å². The molecule has 126 valence electrons. The summed E-state index contributed by atoms with van der Waals surface area (Å²) in [6.45, 7) is 0.775. The van der Waals surface area contributed by atoms with Gasteiger partial charge in [0, 0.05) is 18.4 Å². The zero-order chi connectivity index (χ0) is 17.3. The van der Waals surface area contributed by atoms with Crippen molar-refractivity contribution in [2.24, 2.45) is 5.14 Å². The van der Waals surface area contributed by atoms with Crippen LogP contribution in [0.1, 0.15) is 5.56 Å². The van der Waals surface area contributed by atoms with E-state index in [-0.39, 0.29) is 17.3 Å². The highest BCUT2D eigenvalue weighted by molar-refractivity contribution is 7.89. The number of anilines is 2. The summed E-state index contributed by atoms with van der Waals surface area (Å²) < 4.78 is 22.8. The van der Waals surface area contributed by atoms with Crippen LogP contribution in [0.3, 0.4) is 0 Å². The zero-order valence-electron chi connectivity index (χ0n) is 12.6. The minimum absolute atomic E-state index is 0.0814. The fraction of sp³-hybridized carbons (Fsp3) is 0.200. The van der Waals surface area contributed by atoms with Crippen LogP contribution in [-0.2, 0) is 21.2 Å². The molecule has 1 aromatic heterocycles. The number of halogens is 1. The standard InChI is InChI=1S/C15H15ClN4O3S/c16-11-1-4-14(18-8-11)19-15(21)9-20-6-5-10-7-12(24(17,22)23)2-3-13(10)20/h1-4,7-8H,5-6,9H2,(H2,17,22,23)(H,18,19,21). The Balaban J connectivity index is 1.70. The van der Waals surface area contributed by atoms with Crippen LogP contribution in [0, 0.1) is 0 Å². The number of nitrogens with two attached hydrogens (primary N) is 1. The number of aromatic nitrogens is 1. The molecule has 0 atom stereocenters. The lowest BCUT2D eigenvalue weighted by atomic mass is 10.2. The molecular weight excluding hydrogens is 352 g/mol. The van der Waals surface area contributed by atoms with Gasteiger partial charge in [-0.05, 0) is 42.3 Å². The zero-order valence-corrected chi connectivity index (χ0v) is 14.1. The number of amides is 1. The third-order valence-electron chi connectivity index (χ3n) is 3.70. The normalized spacial score (nSPS) is 13.7. The number of pyridine rings is 1. The van der Waals surface area contributed by atoms with Gasteiger partial charge in [0.1, 0.15) is 5.82 Å². The molecule has 0 unspecified atom stereocenters. The Morgan fingerprint density at radius 3 is 2.79 bits per heavy atom. The first-order chi connectivity index (χ1) is 11.3. The fourth-order valence-electron chi connectivity index (χ4n) is 2.59. The SMILES string of the molecule is NS(=O)(=O)c1ccc2c(c1)CCN2CC(=O)Nc1ccc(Cl)cn1. The molecule has 1 aliphatic rings. The maximum absolute atomic E-state index is 12.1. The average molecular weight is 367 g/mol. The third-order valence-corrected chi connectivity index (χ3v) is 4.84. The number of carbonyl (C=O) groups excluding carboxylic acids is 1. The Hall–Kier alpha value is -2.16. The van der Waals surface area contributed by atoms with E-state index < -0.39 is 10.0 Å². The maximum Gasteiger partial charge on any atom is 0.245 e. The summed E-state index contributed by atoms with van der Waals surface area (Å²) >= 11 is 5.75. The van der Waals surface area contributed by atoms with Gasteiger partial charge in [-0.15, -0.1) is 0 Å². The van der Waals surface area contributed by atoms with E-state index in [4.69, 9.17) is 16.7 Å². The van der Waals surface area contributed by atoms with Crippen LogP contribution in [0.15, 0.2) is 41.4 Å². The van der Waals surface area contributed by atoms with Crippen LogP contribution in [0.5, 0.6) is 0 Å². The van der Waals surface area contributed by atoms with Crippen LogP contribution in [-0.4, -0.2) is 32.4 Å². The van der Waals surface area contributed by atoms with E-state index in [1.807, 2.05) is 4.90 Å². The number of primary sulfonamides is 1. The van der Waals surface area contributed by atoms with E-state index in [0.717, 1.165) is 11.3 Å². The van der Waals surface area contributed by atoms with Crippen molar-refractivity contribution in [2.75, 3.05) is 23.3 Å². The van der Waals surface area contributed by atoms with Crippen LogP contribution < -0.4 is 15.4 Å². The fourth-order valence-corrected chi connectivity index (χ4v) is 3.27. The molecule has 0 saturated heterocycles. The predicted octanol–water partition coefficient (Wildman–Crippen LogP) is 1.38. The summed E-state index contributed by atoms with van der Waals surface area (Å²) in [5.41, 5.74) is 1.69. The number of rotatable bonds is 4. The molecule has 0 aliphatic carbocycles. The van der Waals surface area contributed by atoms with Crippen molar-refractivity contribution in [1.29, 1.82) is 0 Å². The van der Waals surface area contributed by atoms with Crippen LogP contribution in [0.25, 0.3) is 0 Å². The van der Waals surface area contributed by atoms with Gasteiger partial charge in [0.15, 0.2) is 0 Å². The van der Waals surface area contributed by atoms with Gasteiger partial charge < -0.3 is 10.2 Å². The second-order valence-corrected chi connectivity index (χ2v) is 7.41. The molecule has 3 N–H and O–H groups in total. The largest absolute Gasteiger partial charge is 0.362 e. The van der Waals surface area contributed by atoms with E-state index >= 15 is 0 Å². The number of nitrogens with zero attached hydrogens (tertiary/aromatic N) is 2. The number of fused-ring (bicyclic) bond motifs is 1. The van der Waals surface area contributed by atoms with E-state index in [9.17, 15) is 13.2 Å². The van der Waals surface area contributed by atoms with Gasteiger partial charge in [0.05, 0.1) is 16.5 Å². The maximum atomic E-state index is 12.1. The summed E-state index contributed by atoms with van der Waals surface area (Å²) in [4.78, 5) is 18.1. The van der Waals surface area contributed by atoms with Crippen molar-refractivity contribution in [3.05, 3.63) is 47.1 Å². The van der Waals surface area contributed by atoms with Crippen molar-refractivity contribution in [2.45, 2.75) is 11.3 Å². The minimum Gasteiger partial charge on any atom is -0.362 e. The molecular formula is C15H15ClN4O3S. The highest BCUT2D eigenvalue weighted by atomic mass is 35.5. The van der Waals surface area contributed by atoms with Crippen molar-refractivity contribution < 1.29 is 13.2 Å². The van der Waals surface area contributed by atoms with Crippen LogP contribution in [0.2, 0.25) is 5.02 Å². The first-order valence-corrected chi connectivity index (χ1v) is 9.07. The number of hydrogen-bond donors (Lipinski definition) is 2. The molecule has 0 radical (unpaired) electrons.